The summed E-state index contributed by atoms with van der Waals surface area (Å²) in [5.41, 5.74) is 1.12. The van der Waals surface area contributed by atoms with Gasteiger partial charge in [0.05, 0.1) is 11.5 Å². The van der Waals surface area contributed by atoms with E-state index in [1.165, 1.54) is 6.07 Å². The fourth-order valence-electron chi connectivity index (χ4n) is 2.26. The number of hydrogen-bond donors (Lipinski definition) is 1. The van der Waals surface area contributed by atoms with E-state index in [1.807, 2.05) is 6.07 Å². The van der Waals surface area contributed by atoms with E-state index in [4.69, 9.17) is 4.74 Å². The average Bonchev–Trinajstić information content (AvgIpc) is 2.89. The van der Waals surface area contributed by atoms with Gasteiger partial charge in [0.15, 0.2) is 0 Å². The molecule has 1 aromatic rings. The molecule has 0 bridgehead atoms. The van der Waals surface area contributed by atoms with Crippen LogP contribution in [0, 0.1) is 10.1 Å². The summed E-state index contributed by atoms with van der Waals surface area (Å²) >= 11 is 0. The van der Waals surface area contributed by atoms with Crippen LogP contribution in [0.1, 0.15) is 31.4 Å². The lowest BCUT2D eigenvalue weighted by atomic mass is 10.0. The van der Waals surface area contributed by atoms with Crippen LogP contribution < -0.4 is 5.32 Å². The molecule has 18 heavy (non-hydrogen) atoms. The lowest BCUT2D eigenvalue weighted by Gasteiger charge is -2.21. The Morgan fingerprint density at radius 2 is 2.44 bits per heavy atom. The first-order valence-electron chi connectivity index (χ1n) is 6.29. The van der Waals surface area contributed by atoms with Crippen molar-refractivity contribution in [1.29, 1.82) is 0 Å². The van der Waals surface area contributed by atoms with Crippen molar-refractivity contribution in [1.82, 2.24) is 5.32 Å². The van der Waals surface area contributed by atoms with Crippen LogP contribution in [0.5, 0.6) is 0 Å². The van der Waals surface area contributed by atoms with Gasteiger partial charge in [-0.25, -0.2) is 0 Å². The summed E-state index contributed by atoms with van der Waals surface area (Å²) in [5.74, 6) is 0. The molecule has 1 N–H and O–H groups in total. The highest BCUT2D eigenvalue weighted by Gasteiger charge is 2.20. The molecule has 0 radical (unpaired) electrons. The van der Waals surface area contributed by atoms with Gasteiger partial charge in [0.25, 0.3) is 5.69 Å². The molecule has 2 atom stereocenters. The summed E-state index contributed by atoms with van der Waals surface area (Å²) in [5, 5.41) is 14.3. The zero-order valence-electron chi connectivity index (χ0n) is 10.5. The van der Waals surface area contributed by atoms with E-state index in [-0.39, 0.29) is 16.7 Å². The third-order valence-electron chi connectivity index (χ3n) is 3.26. The highest BCUT2D eigenvalue weighted by Crippen LogP contribution is 2.23. The number of ether oxygens (including phenoxy) is 1. The smallest absolute Gasteiger partial charge is 0.269 e. The van der Waals surface area contributed by atoms with Crippen LogP contribution in [0.2, 0.25) is 0 Å². The maximum Gasteiger partial charge on any atom is 0.269 e. The second kappa shape index (κ2) is 5.93. The van der Waals surface area contributed by atoms with Crippen molar-refractivity contribution in [3.63, 3.8) is 0 Å². The first kappa shape index (κ1) is 13.0. The highest BCUT2D eigenvalue weighted by molar-refractivity contribution is 5.35. The SMILES string of the molecule is CCC(NC1CCOC1)c1cccc([N+](=O)[O-])c1. The van der Waals surface area contributed by atoms with Crippen LogP contribution >= 0.6 is 0 Å². The van der Waals surface area contributed by atoms with Crippen LogP contribution in [0.15, 0.2) is 24.3 Å². The maximum absolute atomic E-state index is 10.8. The number of benzene rings is 1. The number of rotatable bonds is 5. The molecule has 2 unspecified atom stereocenters. The number of nitrogens with one attached hydrogen (secondary N) is 1. The van der Waals surface area contributed by atoms with Gasteiger partial charge in [0, 0.05) is 30.8 Å². The summed E-state index contributed by atoms with van der Waals surface area (Å²) in [4.78, 5) is 10.4. The molecule has 5 heteroatoms. The van der Waals surface area contributed by atoms with Crippen molar-refractivity contribution in [2.75, 3.05) is 13.2 Å². The second-order valence-electron chi connectivity index (χ2n) is 4.54. The first-order valence-corrected chi connectivity index (χ1v) is 6.29. The van der Waals surface area contributed by atoms with Crippen LogP contribution in [0.3, 0.4) is 0 Å². The van der Waals surface area contributed by atoms with Gasteiger partial charge in [-0.1, -0.05) is 19.1 Å². The predicted octanol–water partition coefficient (Wildman–Crippen LogP) is 2.42. The van der Waals surface area contributed by atoms with Gasteiger partial charge in [-0.05, 0) is 18.4 Å². The van der Waals surface area contributed by atoms with E-state index < -0.39 is 0 Å². The van der Waals surface area contributed by atoms with Crippen molar-refractivity contribution >= 4 is 5.69 Å². The monoisotopic (exact) mass is 250 g/mol. The molecule has 0 amide bonds. The minimum Gasteiger partial charge on any atom is -0.380 e. The molecule has 0 saturated carbocycles. The summed E-state index contributed by atoms with van der Waals surface area (Å²) in [6.07, 6.45) is 1.91. The van der Waals surface area contributed by atoms with Gasteiger partial charge in [-0.2, -0.15) is 0 Å². The van der Waals surface area contributed by atoms with E-state index >= 15 is 0 Å². The Bertz CT molecular complexity index is 416. The van der Waals surface area contributed by atoms with Crippen molar-refractivity contribution in [2.24, 2.45) is 0 Å². The van der Waals surface area contributed by atoms with Crippen LogP contribution in [-0.4, -0.2) is 24.2 Å². The lowest BCUT2D eigenvalue weighted by Crippen LogP contribution is -2.32. The summed E-state index contributed by atoms with van der Waals surface area (Å²) in [7, 11) is 0. The second-order valence-corrected chi connectivity index (χ2v) is 4.54. The van der Waals surface area contributed by atoms with Crippen molar-refractivity contribution in [3.05, 3.63) is 39.9 Å². The Labute approximate surface area is 106 Å². The molecule has 1 saturated heterocycles. The van der Waals surface area contributed by atoms with E-state index in [9.17, 15) is 10.1 Å². The number of non-ortho nitro benzene ring substituents is 1. The first-order chi connectivity index (χ1) is 8.70. The molecule has 1 aliphatic heterocycles. The molecular weight excluding hydrogens is 232 g/mol. The third kappa shape index (κ3) is 3.05. The summed E-state index contributed by atoms with van der Waals surface area (Å²) < 4.78 is 5.33. The Hall–Kier alpha value is -1.46. The van der Waals surface area contributed by atoms with Gasteiger partial charge in [-0.3, -0.25) is 10.1 Å². The zero-order chi connectivity index (χ0) is 13.0. The number of hydrogen-bond acceptors (Lipinski definition) is 4. The molecular formula is C13H18N2O3. The van der Waals surface area contributed by atoms with Crippen LogP contribution in [0.4, 0.5) is 5.69 Å². The Morgan fingerprint density at radius 1 is 1.61 bits per heavy atom. The molecule has 98 valence electrons. The fraction of sp³-hybridized carbons (Fsp3) is 0.538. The largest absolute Gasteiger partial charge is 0.380 e. The third-order valence-corrected chi connectivity index (χ3v) is 3.26. The minimum atomic E-state index is -0.352. The molecule has 1 heterocycles. The minimum absolute atomic E-state index is 0.149. The maximum atomic E-state index is 10.8. The molecule has 2 rings (SSSR count). The van der Waals surface area contributed by atoms with E-state index in [0.29, 0.717) is 6.04 Å². The van der Waals surface area contributed by atoms with Crippen molar-refractivity contribution in [3.8, 4) is 0 Å². The van der Waals surface area contributed by atoms with E-state index in [2.05, 4.69) is 12.2 Å². The molecule has 5 nitrogen and oxygen atoms in total. The van der Waals surface area contributed by atoms with Gasteiger partial charge >= 0.3 is 0 Å². The molecule has 0 aromatic heterocycles. The normalized spacial score (nSPS) is 20.8. The number of nitrogens with zero attached hydrogens (tertiary/aromatic N) is 1. The Morgan fingerprint density at radius 3 is 3.06 bits per heavy atom. The molecule has 1 aliphatic rings. The molecule has 1 fully saturated rings. The number of nitro benzene ring substituents is 1. The Kier molecular flexibility index (Phi) is 4.28. The van der Waals surface area contributed by atoms with Gasteiger partial charge < -0.3 is 10.1 Å². The quantitative estimate of drug-likeness (QED) is 0.644. The van der Waals surface area contributed by atoms with Crippen molar-refractivity contribution in [2.45, 2.75) is 31.8 Å². The molecule has 1 aromatic carbocycles. The average molecular weight is 250 g/mol. The Balaban J connectivity index is 2.10. The summed E-state index contributed by atoms with van der Waals surface area (Å²) in [6, 6.07) is 7.35. The van der Waals surface area contributed by atoms with Crippen LogP contribution in [-0.2, 0) is 4.74 Å². The molecule has 0 spiro atoms. The van der Waals surface area contributed by atoms with Crippen LogP contribution in [0.25, 0.3) is 0 Å². The lowest BCUT2D eigenvalue weighted by molar-refractivity contribution is -0.384. The standard InChI is InChI=1S/C13H18N2O3/c1-2-13(14-11-6-7-18-9-11)10-4-3-5-12(8-10)15(16)17/h3-5,8,11,13-14H,2,6-7,9H2,1H3. The van der Waals surface area contributed by atoms with E-state index in [1.54, 1.807) is 12.1 Å². The highest BCUT2D eigenvalue weighted by atomic mass is 16.6. The summed E-state index contributed by atoms with van der Waals surface area (Å²) in [6.45, 7) is 3.60. The van der Waals surface area contributed by atoms with Gasteiger partial charge in [-0.15, -0.1) is 0 Å². The van der Waals surface area contributed by atoms with E-state index in [0.717, 1.165) is 31.6 Å². The van der Waals surface area contributed by atoms with Crippen molar-refractivity contribution < 1.29 is 9.66 Å². The number of nitro groups is 1. The topological polar surface area (TPSA) is 64.4 Å². The van der Waals surface area contributed by atoms with Gasteiger partial charge in [0.1, 0.15) is 0 Å². The predicted molar refractivity (Wildman–Crippen MR) is 68.5 cm³/mol. The molecule has 0 aliphatic carbocycles. The fourth-order valence-corrected chi connectivity index (χ4v) is 2.26. The van der Waals surface area contributed by atoms with Gasteiger partial charge in [0.2, 0.25) is 0 Å². The zero-order valence-corrected chi connectivity index (χ0v) is 10.5.